The molecular weight excluding hydrogens is 374 g/mol. The molecule has 0 fully saturated rings. The van der Waals surface area contributed by atoms with Gasteiger partial charge in [-0.2, -0.15) is 0 Å². The first-order valence-electron chi connectivity index (χ1n) is 8.79. The van der Waals surface area contributed by atoms with Gasteiger partial charge >= 0.3 is 0 Å². The number of thioether (sulfide) groups is 1. The lowest BCUT2D eigenvalue weighted by Gasteiger charge is -2.09. The smallest absolute Gasteiger partial charge is 0.251 e. The molecule has 0 saturated heterocycles. The Morgan fingerprint density at radius 3 is 2.71 bits per heavy atom. The lowest BCUT2D eigenvalue weighted by molar-refractivity contribution is -0.121. The fraction of sp³-hybridized carbons (Fsp3) is 0.200. The number of hydrogen-bond donors (Lipinski definition) is 2. The number of carbonyl (C=O) groups is 2. The molecule has 2 amide bonds. The fourth-order valence-corrected chi connectivity index (χ4v) is 3.14. The maximum atomic E-state index is 12.4. The molecule has 8 heteroatoms. The molecule has 0 spiro atoms. The average molecular weight is 395 g/mol. The number of pyridine rings is 1. The van der Waals surface area contributed by atoms with Crippen molar-refractivity contribution in [3.63, 3.8) is 0 Å². The number of benzene rings is 1. The second kappa shape index (κ2) is 9.70. The van der Waals surface area contributed by atoms with Crippen LogP contribution in [0.5, 0.6) is 0 Å². The molecule has 3 rings (SSSR count). The summed E-state index contributed by atoms with van der Waals surface area (Å²) < 4.78 is 1.92. The number of amides is 2. The first kappa shape index (κ1) is 19.6. The van der Waals surface area contributed by atoms with E-state index < -0.39 is 0 Å². The minimum Gasteiger partial charge on any atom is -0.352 e. The largest absolute Gasteiger partial charge is 0.352 e. The number of nitrogens with zero attached hydrogens (tertiary/aromatic N) is 3. The fourth-order valence-electron chi connectivity index (χ4n) is 2.62. The Hall–Kier alpha value is -3.13. The van der Waals surface area contributed by atoms with Crippen molar-refractivity contribution in [1.82, 2.24) is 25.2 Å². The van der Waals surface area contributed by atoms with Crippen molar-refractivity contribution >= 4 is 23.6 Å². The van der Waals surface area contributed by atoms with E-state index in [2.05, 4.69) is 20.6 Å². The van der Waals surface area contributed by atoms with E-state index in [0.717, 1.165) is 16.4 Å². The molecule has 1 aromatic carbocycles. The summed E-state index contributed by atoms with van der Waals surface area (Å²) in [5, 5.41) is 6.46. The van der Waals surface area contributed by atoms with Crippen LogP contribution in [-0.2, 0) is 11.3 Å². The van der Waals surface area contributed by atoms with Gasteiger partial charge in [0.25, 0.3) is 5.91 Å². The third-order valence-corrected chi connectivity index (χ3v) is 4.72. The van der Waals surface area contributed by atoms with Gasteiger partial charge in [-0.15, -0.1) is 0 Å². The molecule has 2 N–H and O–H groups in total. The molecule has 28 heavy (non-hydrogen) atoms. The lowest BCUT2D eigenvalue weighted by Crippen LogP contribution is -2.30. The minimum absolute atomic E-state index is 0.117. The molecule has 0 bridgehead atoms. The predicted octanol–water partition coefficient (Wildman–Crippen LogP) is 2.43. The number of rotatable bonds is 8. The van der Waals surface area contributed by atoms with E-state index in [0.29, 0.717) is 12.1 Å². The lowest BCUT2D eigenvalue weighted by atomic mass is 10.2. The quantitative estimate of drug-likeness (QED) is 0.572. The van der Waals surface area contributed by atoms with Gasteiger partial charge in [0.15, 0.2) is 5.16 Å². The van der Waals surface area contributed by atoms with Crippen molar-refractivity contribution in [2.75, 3.05) is 12.8 Å². The number of hydrogen-bond acceptors (Lipinski definition) is 5. The van der Waals surface area contributed by atoms with E-state index in [9.17, 15) is 9.59 Å². The standard InChI is InChI=1S/C20H21N5O2S/c1-28-20-23-11-12-25(20)17-4-2-3-16(13-17)19(27)22-10-7-18(26)24-14-15-5-8-21-9-6-15/h2-6,8-9,11-13H,7,10,14H2,1H3,(H,22,27)(H,24,26). The Morgan fingerprint density at radius 2 is 1.93 bits per heavy atom. The molecule has 0 radical (unpaired) electrons. The maximum Gasteiger partial charge on any atom is 0.251 e. The third-order valence-electron chi connectivity index (χ3n) is 4.05. The normalized spacial score (nSPS) is 10.5. The summed E-state index contributed by atoms with van der Waals surface area (Å²) in [5.74, 6) is -0.330. The second-order valence-electron chi connectivity index (χ2n) is 5.97. The van der Waals surface area contributed by atoms with Gasteiger partial charge in [0.1, 0.15) is 0 Å². The molecule has 3 aromatic rings. The third kappa shape index (κ3) is 5.20. The van der Waals surface area contributed by atoms with Gasteiger partial charge in [-0.25, -0.2) is 4.98 Å². The first-order chi connectivity index (χ1) is 13.7. The summed E-state index contributed by atoms with van der Waals surface area (Å²) in [5.41, 5.74) is 2.38. The van der Waals surface area contributed by atoms with Gasteiger partial charge in [0, 0.05) is 55.5 Å². The van der Waals surface area contributed by atoms with Crippen molar-refractivity contribution in [3.8, 4) is 5.69 Å². The highest BCUT2D eigenvalue weighted by atomic mass is 32.2. The Labute approximate surface area is 167 Å². The molecule has 0 saturated carbocycles. The summed E-state index contributed by atoms with van der Waals surface area (Å²) in [7, 11) is 0. The van der Waals surface area contributed by atoms with Crippen LogP contribution < -0.4 is 10.6 Å². The monoisotopic (exact) mass is 395 g/mol. The minimum atomic E-state index is -0.213. The number of carbonyl (C=O) groups excluding carboxylic acids is 2. The Kier molecular flexibility index (Phi) is 6.80. The van der Waals surface area contributed by atoms with Crippen LogP contribution in [0.25, 0.3) is 5.69 Å². The van der Waals surface area contributed by atoms with Gasteiger partial charge < -0.3 is 10.6 Å². The number of nitrogens with one attached hydrogen (secondary N) is 2. The van der Waals surface area contributed by atoms with Crippen molar-refractivity contribution in [1.29, 1.82) is 0 Å². The van der Waals surface area contributed by atoms with Gasteiger partial charge in [-0.1, -0.05) is 17.8 Å². The van der Waals surface area contributed by atoms with Crippen molar-refractivity contribution in [3.05, 3.63) is 72.3 Å². The average Bonchev–Trinajstić information content (AvgIpc) is 3.22. The second-order valence-corrected chi connectivity index (χ2v) is 6.75. The van der Waals surface area contributed by atoms with Gasteiger partial charge in [0.05, 0.1) is 0 Å². The Bertz CT molecular complexity index is 943. The van der Waals surface area contributed by atoms with Crippen molar-refractivity contribution < 1.29 is 9.59 Å². The van der Waals surface area contributed by atoms with Crippen molar-refractivity contribution in [2.24, 2.45) is 0 Å². The van der Waals surface area contributed by atoms with Crippen LogP contribution in [0.4, 0.5) is 0 Å². The van der Waals surface area contributed by atoms with Gasteiger partial charge in [-0.3, -0.25) is 19.1 Å². The summed E-state index contributed by atoms with van der Waals surface area (Å²) in [4.78, 5) is 32.5. The predicted molar refractivity (Wildman–Crippen MR) is 108 cm³/mol. The van der Waals surface area contributed by atoms with Crippen LogP contribution >= 0.6 is 11.8 Å². The van der Waals surface area contributed by atoms with Gasteiger partial charge in [0.2, 0.25) is 5.91 Å². The molecule has 0 aliphatic rings. The zero-order chi connectivity index (χ0) is 19.8. The molecule has 2 heterocycles. The van der Waals surface area contributed by atoms with Crippen LogP contribution in [0.15, 0.2) is 66.3 Å². The van der Waals surface area contributed by atoms with E-state index >= 15 is 0 Å². The number of aromatic nitrogens is 3. The summed E-state index contributed by atoms with van der Waals surface area (Å²) in [6, 6.07) is 11.0. The summed E-state index contributed by atoms with van der Waals surface area (Å²) in [6.07, 6.45) is 9.12. The van der Waals surface area contributed by atoms with E-state index in [1.807, 2.05) is 41.3 Å². The summed E-state index contributed by atoms with van der Waals surface area (Å²) >= 11 is 1.53. The highest BCUT2D eigenvalue weighted by molar-refractivity contribution is 7.98. The van der Waals surface area contributed by atoms with E-state index in [-0.39, 0.29) is 24.8 Å². The Morgan fingerprint density at radius 1 is 1.11 bits per heavy atom. The highest BCUT2D eigenvalue weighted by Crippen LogP contribution is 2.18. The molecule has 0 aliphatic carbocycles. The molecule has 0 atom stereocenters. The van der Waals surface area contributed by atoms with E-state index in [1.54, 1.807) is 30.7 Å². The zero-order valence-corrected chi connectivity index (χ0v) is 16.3. The molecule has 0 unspecified atom stereocenters. The van der Waals surface area contributed by atoms with Crippen LogP contribution in [0.2, 0.25) is 0 Å². The molecule has 2 aromatic heterocycles. The van der Waals surface area contributed by atoms with Crippen LogP contribution in [0.3, 0.4) is 0 Å². The summed E-state index contributed by atoms with van der Waals surface area (Å²) in [6.45, 7) is 0.715. The van der Waals surface area contributed by atoms with Crippen LogP contribution in [-0.4, -0.2) is 39.1 Å². The van der Waals surface area contributed by atoms with Crippen LogP contribution in [0.1, 0.15) is 22.3 Å². The SMILES string of the molecule is CSc1nccn1-c1cccc(C(=O)NCCC(=O)NCc2ccncc2)c1. The van der Waals surface area contributed by atoms with Crippen molar-refractivity contribution in [2.45, 2.75) is 18.1 Å². The van der Waals surface area contributed by atoms with Crippen LogP contribution in [0, 0.1) is 0 Å². The molecule has 0 aliphatic heterocycles. The van der Waals surface area contributed by atoms with Gasteiger partial charge in [-0.05, 0) is 42.2 Å². The Balaban J connectivity index is 1.50. The first-order valence-corrected chi connectivity index (χ1v) is 10.0. The maximum absolute atomic E-state index is 12.4. The molecular formula is C20H21N5O2S. The number of imidazole rings is 1. The zero-order valence-electron chi connectivity index (χ0n) is 15.5. The molecule has 7 nitrogen and oxygen atoms in total. The topological polar surface area (TPSA) is 88.9 Å². The van der Waals surface area contributed by atoms with E-state index in [1.165, 1.54) is 11.8 Å². The molecule has 144 valence electrons. The van der Waals surface area contributed by atoms with E-state index in [4.69, 9.17) is 0 Å². The highest BCUT2D eigenvalue weighted by Gasteiger charge is 2.10.